The van der Waals surface area contributed by atoms with Gasteiger partial charge in [-0.25, -0.2) is 0 Å². The number of nitrogens with zero attached hydrogens (tertiary/aromatic N) is 1. The fourth-order valence-corrected chi connectivity index (χ4v) is 4.76. The Labute approximate surface area is 235 Å². The first-order valence-corrected chi connectivity index (χ1v) is 13.3. The highest BCUT2D eigenvalue weighted by atomic mass is 16.5. The molecule has 0 unspecified atom stereocenters. The van der Waals surface area contributed by atoms with E-state index in [-0.39, 0.29) is 11.7 Å². The fourth-order valence-electron chi connectivity index (χ4n) is 4.76. The van der Waals surface area contributed by atoms with Crippen molar-refractivity contribution in [3.63, 3.8) is 0 Å². The maximum atomic E-state index is 11.5. The number of carbonyl (C=O) groups is 1. The van der Waals surface area contributed by atoms with Gasteiger partial charge in [-0.1, -0.05) is 66.7 Å². The van der Waals surface area contributed by atoms with Crippen LogP contribution in [0.3, 0.4) is 0 Å². The van der Waals surface area contributed by atoms with Crippen molar-refractivity contribution in [2.45, 2.75) is 18.9 Å². The summed E-state index contributed by atoms with van der Waals surface area (Å²) < 4.78 is 16.8. The Morgan fingerprint density at radius 2 is 1.48 bits per heavy atom. The minimum Gasteiger partial charge on any atom is -0.504 e. The number of aromatic hydroxyl groups is 1. The van der Waals surface area contributed by atoms with Crippen LogP contribution in [0.4, 0.5) is 0 Å². The molecule has 4 aromatic carbocycles. The number of hydrogen-bond donors (Lipinski definition) is 2. The zero-order chi connectivity index (χ0) is 28.3. The molecule has 0 aliphatic rings. The van der Waals surface area contributed by atoms with Crippen molar-refractivity contribution >= 4 is 5.91 Å². The minimum atomic E-state index is -0.516. The van der Waals surface area contributed by atoms with Crippen LogP contribution in [0, 0.1) is 0 Å². The second-order valence-corrected chi connectivity index (χ2v) is 9.55. The summed E-state index contributed by atoms with van der Waals surface area (Å²) >= 11 is 0. The zero-order valence-corrected chi connectivity index (χ0v) is 23.0. The highest BCUT2D eigenvalue weighted by molar-refractivity contribution is 5.93. The number of methoxy groups -OCH3 is 2. The summed E-state index contributed by atoms with van der Waals surface area (Å²) in [6, 6.07) is 31.5. The first kappa shape index (κ1) is 28.5. The van der Waals surface area contributed by atoms with Crippen LogP contribution in [0.15, 0.2) is 97.1 Å². The van der Waals surface area contributed by atoms with Crippen molar-refractivity contribution in [1.29, 1.82) is 0 Å². The molecule has 1 amide bonds. The molecule has 0 aliphatic heterocycles. The van der Waals surface area contributed by atoms with Gasteiger partial charge in [-0.2, -0.15) is 0 Å². The van der Waals surface area contributed by atoms with E-state index in [1.165, 1.54) is 18.2 Å². The molecule has 0 saturated carbocycles. The van der Waals surface area contributed by atoms with E-state index in [4.69, 9.17) is 19.9 Å². The first-order chi connectivity index (χ1) is 19.5. The van der Waals surface area contributed by atoms with Gasteiger partial charge >= 0.3 is 0 Å². The molecule has 4 rings (SSSR count). The van der Waals surface area contributed by atoms with E-state index in [1.54, 1.807) is 31.4 Å². The highest BCUT2D eigenvalue weighted by Crippen LogP contribution is 2.30. The molecule has 7 heteroatoms. The van der Waals surface area contributed by atoms with Crippen molar-refractivity contribution in [3.8, 4) is 23.0 Å². The number of hydrogen-bond acceptors (Lipinski definition) is 6. The van der Waals surface area contributed by atoms with Gasteiger partial charge < -0.3 is 25.1 Å². The lowest BCUT2D eigenvalue weighted by atomic mass is 9.90. The molecule has 0 aromatic heterocycles. The Balaban J connectivity index is 1.52. The predicted octanol–water partition coefficient (Wildman–Crippen LogP) is 5.61. The lowest BCUT2D eigenvalue weighted by molar-refractivity contribution is 0.1000. The summed E-state index contributed by atoms with van der Waals surface area (Å²) in [6.07, 6.45) is 0.756. The molecule has 0 saturated heterocycles. The summed E-state index contributed by atoms with van der Waals surface area (Å²) in [4.78, 5) is 13.9. The van der Waals surface area contributed by atoms with Crippen LogP contribution < -0.4 is 19.9 Å². The summed E-state index contributed by atoms with van der Waals surface area (Å²) in [7, 11) is 3.09. The highest BCUT2D eigenvalue weighted by Gasteiger charge is 2.19. The maximum Gasteiger partial charge on any atom is 0.248 e. The third-order valence-electron chi connectivity index (χ3n) is 6.82. The van der Waals surface area contributed by atoms with Gasteiger partial charge in [-0.05, 0) is 53.4 Å². The van der Waals surface area contributed by atoms with Crippen LogP contribution in [0.2, 0.25) is 0 Å². The molecule has 0 radical (unpaired) electrons. The molecular weight excluding hydrogens is 504 g/mol. The Kier molecular flexibility index (Phi) is 10.0. The SMILES string of the molecule is COc1cc(CN(CCCOc2ccc(C(N)=O)cc2OC)CC(c2ccccc2)c2ccccc2)ccc1O. The van der Waals surface area contributed by atoms with Gasteiger partial charge in [0.2, 0.25) is 5.91 Å². The van der Waals surface area contributed by atoms with Gasteiger partial charge in [-0.3, -0.25) is 9.69 Å². The largest absolute Gasteiger partial charge is 0.504 e. The third-order valence-corrected chi connectivity index (χ3v) is 6.82. The maximum absolute atomic E-state index is 11.5. The van der Waals surface area contributed by atoms with E-state index in [2.05, 4.69) is 53.4 Å². The van der Waals surface area contributed by atoms with E-state index in [0.717, 1.165) is 25.1 Å². The van der Waals surface area contributed by atoms with Gasteiger partial charge in [0, 0.05) is 31.1 Å². The molecule has 208 valence electrons. The van der Waals surface area contributed by atoms with Gasteiger partial charge in [0.25, 0.3) is 0 Å². The number of primary amides is 1. The quantitative estimate of drug-likeness (QED) is 0.202. The fraction of sp³-hybridized carbons (Fsp3) is 0.242. The predicted molar refractivity (Wildman–Crippen MR) is 156 cm³/mol. The molecule has 0 atom stereocenters. The van der Waals surface area contributed by atoms with E-state index in [9.17, 15) is 9.90 Å². The van der Waals surface area contributed by atoms with Gasteiger partial charge in [0.15, 0.2) is 23.0 Å². The van der Waals surface area contributed by atoms with Gasteiger partial charge in [-0.15, -0.1) is 0 Å². The number of carbonyl (C=O) groups excluding carboxylic acids is 1. The van der Waals surface area contributed by atoms with Crippen LogP contribution in [0.5, 0.6) is 23.0 Å². The Morgan fingerprint density at radius 1 is 0.825 bits per heavy atom. The number of phenolic OH excluding ortho intramolecular Hbond substituents is 1. The molecule has 0 bridgehead atoms. The Morgan fingerprint density at radius 3 is 2.08 bits per heavy atom. The topological polar surface area (TPSA) is 94.2 Å². The van der Waals surface area contributed by atoms with Gasteiger partial charge in [0.1, 0.15) is 0 Å². The number of phenols is 1. The molecule has 40 heavy (non-hydrogen) atoms. The van der Waals surface area contributed by atoms with Crippen molar-refractivity contribution in [3.05, 3.63) is 119 Å². The normalized spacial score (nSPS) is 11.0. The average molecular weight is 541 g/mol. The Bertz CT molecular complexity index is 1340. The molecule has 4 aromatic rings. The number of amides is 1. The summed E-state index contributed by atoms with van der Waals surface area (Å²) in [5.74, 6) is 1.26. The average Bonchev–Trinajstić information content (AvgIpc) is 2.99. The molecule has 0 fully saturated rings. The molecule has 0 aliphatic carbocycles. The second-order valence-electron chi connectivity index (χ2n) is 9.55. The van der Waals surface area contributed by atoms with Crippen LogP contribution in [-0.2, 0) is 6.54 Å². The van der Waals surface area contributed by atoms with Crippen molar-refractivity contribution in [1.82, 2.24) is 4.90 Å². The summed E-state index contributed by atoms with van der Waals surface area (Å²) in [5, 5.41) is 10.1. The third kappa shape index (κ3) is 7.55. The van der Waals surface area contributed by atoms with Crippen molar-refractivity contribution in [2.75, 3.05) is 33.9 Å². The van der Waals surface area contributed by atoms with Crippen LogP contribution in [0.1, 0.15) is 39.4 Å². The summed E-state index contributed by atoms with van der Waals surface area (Å²) in [6.45, 7) is 2.68. The molecule has 0 spiro atoms. The lowest BCUT2D eigenvalue weighted by Gasteiger charge is -2.29. The summed E-state index contributed by atoms with van der Waals surface area (Å²) in [5.41, 5.74) is 9.30. The van der Waals surface area contributed by atoms with Crippen LogP contribution in [0.25, 0.3) is 0 Å². The van der Waals surface area contributed by atoms with E-state index in [0.29, 0.717) is 36.0 Å². The van der Waals surface area contributed by atoms with Gasteiger partial charge in [0.05, 0.1) is 20.8 Å². The second kappa shape index (κ2) is 14.1. The number of benzene rings is 4. The van der Waals surface area contributed by atoms with Crippen molar-refractivity contribution < 1.29 is 24.1 Å². The monoisotopic (exact) mass is 540 g/mol. The Hall–Kier alpha value is -4.49. The van der Waals surface area contributed by atoms with E-state index < -0.39 is 5.91 Å². The smallest absolute Gasteiger partial charge is 0.248 e. The molecular formula is C33H36N2O5. The van der Waals surface area contributed by atoms with Crippen LogP contribution in [-0.4, -0.2) is 49.8 Å². The minimum absolute atomic E-state index is 0.119. The first-order valence-electron chi connectivity index (χ1n) is 13.3. The lowest BCUT2D eigenvalue weighted by Crippen LogP contribution is -2.30. The number of nitrogens with two attached hydrogens (primary N) is 1. The van der Waals surface area contributed by atoms with E-state index >= 15 is 0 Å². The molecule has 7 nitrogen and oxygen atoms in total. The van der Waals surface area contributed by atoms with E-state index in [1.807, 2.05) is 24.3 Å². The standard InChI is InChI=1S/C33H36N2O5/c1-38-31-20-24(14-16-29(31)36)22-35(18-9-19-40-30-17-15-27(33(34)37)21-32(30)39-2)23-28(25-10-5-3-6-11-25)26-12-7-4-8-13-26/h3-8,10-17,20-21,28,36H,9,18-19,22-23H2,1-2H3,(H2,34,37). The van der Waals surface area contributed by atoms with Crippen molar-refractivity contribution in [2.24, 2.45) is 5.73 Å². The zero-order valence-electron chi connectivity index (χ0n) is 23.0. The molecule has 3 N–H and O–H groups in total. The number of rotatable bonds is 14. The number of ether oxygens (including phenoxy) is 3. The molecule has 0 heterocycles. The van der Waals surface area contributed by atoms with Crippen LogP contribution >= 0.6 is 0 Å².